The van der Waals surface area contributed by atoms with E-state index in [0.717, 1.165) is 30.1 Å². The summed E-state index contributed by atoms with van der Waals surface area (Å²) >= 11 is 6.18. The van der Waals surface area contributed by atoms with Gasteiger partial charge in [-0.15, -0.1) is 0 Å². The Hall–Kier alpha value is -0.580. The average molecular weight is 258 g/mol. The van der Waals surface area contributed by atoms with Gasteiger partial charge in [-0.3, -0.25) is 4.68 Å². The summed E-state index contributed by atoms with van der Waals surface area (Å²) < 4.78 is 1.70. The Morgan fingerprint density at radius 2 is 2.29 bits per heavy atom. The van der Waals surface area contributed by atoms with Crippen molar-refractivity contribution in [3.63, 3.8) is 0 Å². The lowest BCUT2D eigenvalue weighted by molar-refractivity contribution is 0.255. The highest BCUT2D eigenvalue weighted by Gasteiger charge is 2.30. The molecule has 1 saturated carbocycles. The minimum atomic E-state index is 0.244. The van der Waals surface area contributed by atoms with Gasteiger partial charge in [0.25, 0.3) is 0 Å². The topological polar surface area (TPSA) is 50.1 Å². The van der Waals surface area contributed by atoms with Crippen LogP contribution < -0.4 is 5.32 Å². The zero-order chi connectivity index (χ0) is 12.4. The molecule has 2 rings (SSSR count). The Kier molecular flexibility index (Phi) is 4.07. The van der Waals surface area contributed by atoms with E-state index in [2.05, 4.69) is 10.4 Å². The quantitative estimate of drug-likeness (QED) is 0.815. The molecule has 1 aliphatic carbocycles. The summed E-state index contributed by atoms with van der Waals surface area (Å²) in [6.45, 7) is 2.95. The van der Waals surface area contributed by atoms with Crippen LogP contribution in [0.15, 0.2) is 0 Å². The molecule has 0 bridgehead atoms. The number of rotatable bonds is 6. The smallest absolute Gasteiger partial charge is 0.131 e. The largest absolute Gasteiger partial charge is 0.396 e. The van der Waals surface area contributed by atoms with E-state index in [4.69, 9.17) is 16.7 Å². The van der Waals surface area contributed by atoms with E-state index < -0.39 is 0 Å². The number of nitrogens with one attached hydrogen (secondary N) is 1. The number of aliphatic hydroxyl groups is 1. The molecule has 1 aliphatic rings. The lowest BCUT2D eigenvalue weighted by Crippen LogP contribution is -2.31. The van der Waals surface area contributed by atoms with E-state index in [1.54, 1.807) is 4.68 Å². The minimum Gasteiger partial charge on any atom is -0.396 e. The molecule has 0 radical (unpaired) electrons. The van der Waals surface area contributed by atoms with Crippen molar-refractivity contribution in [2.24, 2.45) is 13.0 Å². The molecule has 0 spiro atoms. The van der Waals surface area contributed by atoms with Crippen LogP contribution in [-0.4, -0.2) is 27.5 Å². The summed E-state index contributed by atoms with van der Waals surface area (Å²) in [6, 6.07) is 0.413. The molecule has 1 aromatic rings. The van der Waals surface area contributed by atoms with Gasteiger partial charge in [0.05, 0.1) is 5.69 Å². The first kappa shape index (κ1) is 12.9. The van der Waals surface area contributed by atoms with Crippen molar-refractivity contribution in [2.75, 3.05) is 6.61 Å². The van der Waals surface area contributed by atoms with Gasteiger partial charge in [-0.1, -0.05) is 11.6 Å². The number of hydrogen-bond donors (Lipinski definition) is 2. The third-order valence-corrected chi connectivity index (χ3v) is 3.91. The van der Waals surface area contributed by atoms with E-state index in [-0.39, 0.29) is 6.61 Å². The first-order chi connectivity index (χ1) is 8.13. The van der Waals surface area contributed by atoms with Crippen molar-refractivity contribution in [2.45, 2.75) is 38.8 Å². The summed E-state index contributed by atoms with van der Waals surface area (Å²) in [4.78, 5) is 0. The van der Waals surface area contributed by atoms with Crippen LogP contribution in [0.3, 0.4) is 0 Å². The second-order valence-corrected chi connectivity index (χ2v) is 5.17. The van der Waals surface area contributed by atoms with Crippen molar-refractivity contribution in [3.05, 3.63) is 16.4 Å². The summed E-state index contributed by atoms with van der Waals surface area (Å²) in [5.41, 5.74) is 2.04. The van der Waals surface area contributed by atoms with Crippen molar-refractivity contribution in [1.29, 1.82) is 0 Å². The number of aromatic nitrogens is 2. The van der Waals surface area contributed by atoms with E-state index in [9.17, 15) is 0 Å². The highest BCUT2D eigenvalue weighted by atomic mass is 35.5. The fourth-order valence-corrected chi connectivity index (χ4v) is 2.49. The predicted octanol–water partition coefficient (Wildman–Crippen LogP) is 1.63. The molecule has 1 aromatic heterocycles. The van der Waals surface area contributed by atoms with Crippen LogP contribution in [0, 0.1) is 12.8 Å². The molecular weight excluding hydrogens is 238 g/mol. The summed E-state index contributed by atoms with van der Waals surface area (Å²) in [5.74, 6) is 0.734. The van der Waals surface area contributed by atoms with Crippen LogP contribution in [0.5, 0.6) is 0 Å². The molecule has 0 aromatic carbocycles. The molecule has 0 aliphatic heterocycles. The molecule has 4 nitrogen and oxygen atoms in total. The first-order valence-corrected chi connectivity index (χ1v) is 6.53. The standard InChI is InChI=1S/C12H20ClN3O/c1-8-10(12(13)16(2)15-8)7-14-11(5-6-17)9-3-4-9/h9,11,14,17H,3-7H2,1-2H3. The van der Waals surface area contributed by atoms with Gasteiger partial charge in [0, 0.05) is 31.8 Å². The van der Waals surface area contributed by atoms with Crippen LogP contribution >= 0.6 is 11.6 Å². The Labute approximate surface area is 107 Å². The van der Waals surface area contributed by atoms with Crippen molar-refractivity contribution >= 4 is 11.6 Å². The molecule has 96 valence electrons. The van der Waals surface area contributed by atoms with Gasteiger partial charge >= 0.3 is 0 Å². The number of nitrogens with zero attached hydrogens (tertiary/aromatic N) is 2. The van der Waals surface area contributed by atoms with Crippen molar-refractivity contribution in [3.8, 4) is 0 Å². The van der Waals surface area contributed by atoms with Gasteiger partial charge in [0.15, 0.2) is 0 Å². The van der Waals surface area contributed by atoms with Crippen LogP contribution in [-0.2, 0) is 13.6 Å². The minimum absolute atomic E-state index is 0.244. The fourth-order valence-electron chi connectivity index (χ4n) is 2.25. The lowest BCUT2D eigenvalue weighted by Gasteiger charge is -2.17. The van der Waals surface area contributed by atoms with Gasteiger partial charge in [0.2, 0.25) is 0 Å². The second kappa shape index (κ2) is 5.38. The van der Waals surface area contributed by atoms with Gasteiger partial charge in [-0.25, -0.2) is 0 Å². The normalized spacial score (nSPS) is 17.4. The van der Waals surface area contributed by atoms with Gasteiger partial charge in [0.1, 0.15) is 5.15 Å². The van der Waals surface area contributed by atoms with Crippen LogP contribution in [0.25, 0.3) is 0 Å². The Morgan fingerprint density at radius 3 is 2.76 bits per heavy atom. The van der Waals surface area contributed by atoms with E-state index in [1.165, 1.54) is 12.8 Å². The number of halogens is 1. The molecule has 17 heavy (non-hydrogen) atoms. The maximum absolute atomic E-state index is 9.04. The summed E-state index contributed by atoms with van der Waals surface area (Å²) in [6.07, 6.45) is 3.37. The lowest BCUT2D eigenvalue weighted by atomic mass is 10.1. The van der Waals surface area contributed by atoms with Gasteiger partial charge in [-0.05, 0) is 32.1 Å². The zero-order valence-corrected chi connectivity index (χ0v) is 11.2. The summed E-state index contributed by atoms with van der Waals surface area (Å²) in [5, 5.41) is 17.5. The molecular formula is C12H20ClN3O. The van der Waals surface area contributed by atoms with E-state index in [1.807, 2.05) is 14.0 Å². The highest BCUT2D eigenvalue weighted by molar-refractivity contribution is 6.30. The number of hydrogen-bond acceptors (Lipinski definition) is 3. The third kappa shape index (κ3) is 3.00. The number of aliphatic hydroxyl groups excluding tert-OH is 1. The molecule has 5 heteroatoms. The zero-order valence-electron chi connectivity index (χ0n) is 10.4. The van der Waals surface area contributed by atoms with Crippen LogP contribution in [0.2, 0.25) is 5.15 Å². The van der Waals surface area contributed by atoms with Crippen LogP contribution in [0.1, 0.15) is 30.5 Å². The molecule has 0 saturated heterocycles. The monoisotopic (exact) mass is 257 g/mol. The average Bonchev–Trinajstić information content (AvgIpc) is 3.07. The molecule has 2 N–H and O–H groups in total. The molecule has 1 heterocycles. The van der Waals surface area contributed by atoms with Crippen LogP contribution in [0.4, 0.5) is 0 Å². The van der Waals surface area contributed by atoms with Gasteiger partial charge in [-0.2, -0.15) is 5.10 Å². The predicted molar refractivity (Wildman–Crippen MR) is 68.0 cm³/mol. The second-order valence-electron chi connectivity index (χ2n) is 4.82. The SMILES string of the molecule is Cc1nn(C)c(Cl)c1CNC(CCO)C1CC1. The van der Waals surface area contributed by atoms with Crippen molar-refractivity contribution < 1.29 is 5.11 Å². The third-order valence-electron chi connectivity index (χ3n) is 3.44. The maximum Gasteiger partial charge on any atom is 0.131 e. The molecule has 0 amide bonds. The fraction of sp³-hybridized carbons (Fsp3) is 0.750. The molecule has 1 fully saturated rings. The maximum atomic E-state index is 9.04. The van der Waals surface area contributed by atoms with E-state index >= 15 is 0 Å². The Balaban J connectivity index is 1.95. The van der Waals surface area contributed by atoms with Crippen molar-refractivity contribution in [1.82, 2.24) is 15.1 Å². The van der Waals surface area contributed by atoms with Gasteiger partial charge < -0.3 is 10.4 Å². The summed E-state index contributed by atoms with van der Waals surface area (Å²) in [7, 11) is 1.85. The Bertz CT molecular complexity index is 387. The molecule has 1 unspecified atom stereocenters. The van der Waals surface area contributed by atoms with E-state index in [0.29, 0.717) is 11.2 Å². The molecule has 1 atom stereocenters. The highest BCUT2D eigenvalue weighted by Crippen LogP contribution is 2.34. The Morgan fingerprint density at radius 1 is 1.59 bits per heavy atom. The number of aryl methyl sites for hydroxylation is 2. The first-order valence-electron chi connectivity index (χ1n) is 6.15.